The number of fused-ring (bicyclic) bond motifs is 1. The van der Waals surface area contributed by atoms with Crippen molar-refractivity contribution in [3.05, 3.63) is 11.8 Å². The number of alkyl halides is 3. The first-order chi connectivity index (χ1) is 11.7. The average Bonchev–Trinajstić information content (AvgIpc) is 2.95. The molecule has 0 radical (unpaired) electrons. The lowest BCUT2D eigenvalue weighted by molar-refractivity contribution is -0.173. The minimum atomic E-state index is -4.31. The van der Waals surface area contributed by atoms with Gasteiger partial charge in [-0.3, -0.25) is 4.79 Å². The van der Waals surface area contributed by atoms with E-state index in [0.29, 0.717) is 30.5 Å². The molecule has 0 aromatic carbocycles. The molecule has 5 nitrogen and oxygen atoms in total. The molecule has 4 rings (SSSR count). The van der Waals surface area contributed by atoms with Gasteiger partial charge in [0.2, 0.25) is 5.91 Å². The molecule has 3 heterocycles. The highest BCUT2D eigenvalue weighted by atomic mass is 19.4. The van der Waals surface area contributed by atoms with E-state index in [1.54, 1.807) is 13.0 Å². The summed E-state index contributed by atoms with van der Waals surface area (Å²) in [7, 11) is 0. The highest BCUT2D eigenvalue weighted by Crippen LogP contribution is 2.42. The Morgan fingerprint density at radius 1 is 1.32 bits per heavy atom. The lowest BCUT2D eigenvalue weighted by Crippen LogP contribution is -2.37. The van der Waals surface area contributed by atoms with Crippen molar-refractivity contribution in [1.29, 1.82) is 0 Å². The zero-order valence-electron chi connectivity index (χ0n) is 14.4. The summed E-state index contributed by atoms with van der Waals surface area (Å²) in [5.74, 6) is 1.24. The van der Waals surface area contributed by atoms with E-state index in [2.05, 4.69) is 17.3 Å². The van der Waals surface area contributed by atoms with Crippen molar-refractivity contribution in [2.24, 2.45) is 11.8 Å². The minimum absolute atomic E-state index is 0.0158. The molecule has 5 atom stereocenters. The minimum Gasteiger partial charge on any atom is -0.368 e. The van der Waals surface area contributed by atoms with Gasteiger partial charge in [0, 0.05) is 37.0 Å². The number of anilines is 1. The summed E-state index contributed by atoms with van der Waals surface area (Å²) in [6, 6.07) is -0.104. The molecule has 2 fully saturated rings. The maximum atomic E-state index is 13.3. The van der Waals surface area contributed by atoms with E-state index in [4.69, 9.17) is 0 Å². The van der Waals surface area contributed by atoms with Crippen LogP contribution in [0, 0.1) is 11.8 Å². The van der Waals surface area contributed by atoms with Crippen LogP contribution in [0.4, 0.5) is 19.0 Å². The molecular weight excluding hydrogens is 333 g/mol. The topological polar surface area (TPSA) is 50.2 Å². The van der Waals surface area contributed by atoms with Gasteiger partial charge in [-0.1, -0.05) is 6.92 Å². The Labute approximate surface area is 144 Å². The lowest BCUT2D eigenvalue weighted by Gasteiger charge is -2.31. The van der Waals surface area contributed by atoms with Crippen LogP contribution in [0.5, 0.6) is 0 Å². The SMILES string of the molecule is C[C@@H]1C[C@H](C(F)(F)F)n2nc([C@H]3CCN(C(=O)[C@@H]4C[C@H]4C)C3)cc2N1. The van der Waals surface area contributed by atoms with Crippen LogP contribution >= 0.6 is 0 Å². The zero-order chi connectivity index (χ0) is 17.9. The van der Waals surface area contributed by atoms with Gasteiger partial charge in [0.05, 0.1) is 5.69 Å². The molecular formula is C17H23F3N4O. The fourth-order valence-corrected chi connectivity index (χ4v) is 4.08. The normalized spacial score (nSPS) is 34.6. The number of nitrogens with one attached hydrogen (secondary N) is 1. The number of amides is 1. The largest absolute Gasteiger partial charge is 0.410 e. The first-order valence-electron chi connectivity index (χ1n) is 8.95. The van der Waals surface area contributed by atoms with Crippen LogP contribution in [-0.2, 0) is 4.79 Å². The zero-order valence-corrected chi connectivity index (χ0v) is 14.4. The Kier molecular flexibility index (Phi) is 3.77. The second kappa shape index (κ2) is 5.64. The fraction of sp³-hybridized carbons (Fsp3) is 0.765. The van der Waals surface area contributed by atoms with Crippen LogP contribution in [0.15, 0.2) is 6.07 Å². The summed E-state index contributed by atoms with van der Waals surface area (Å²) >= 11 is 0. The van der Waals surface area contributed by atoms with Crippen LogP contribution in [0.1, 0.15) is 50.8 Å². The molecule has 1 aromatic heterocycles. The molecule has 0 unspecified atom stereocenters. The molecule has 8 heteroatoms. The predicted molar refractivity (Wildman–Crippen MR) is 86.2 cm³/mol. The van der Waals surface area contributed by atoms with Gasteiger partial charge in [-0.05, 0) is 32.1 Å². The molecule has 25 heavy (non-hydrogen) atoms. The quantitative estimate of drug-likeness (QED) is 0.886. The van der Waals surface area contributed by atoms with Crippen molar-refractivity contribution >= 4 is 11.7 Å². The Hall–Kier alpha value is -1.73. The first-order valence-corrected chi connectivity index (χ1v) is 8.95. The molecule has 1 aliphatic carbocycles. The van der Waals surface area contributed by atoms with Crippen LogP contribution in [-0.4, -0.2) is 45.9 Å². The third-order valence-corrected chi connectivity index (χ3v) is 5.74. The van der Waals surface area contributed by atoms with E-state index in [0.717, 1.165) is 17.5 Å². The van der Waals surface area contributed by atoms with Crippen molar-refractivity contribution in [1.82, 2.24) is 14.7 Å². The van der Waals surface area contributed by atoms with Crippen molar-refractivity contribution in [3.8, 4) is 0 Å². The summed E-state index contributed by atoms with van der Waals surface area (Å²) < 4.78 is 41.1. The van der Waals surface area contributed by atoms with Crippen molar-refractivity contribution in [2.75, 3.05) is 18.4 Å². The van der Waals surface area contributed by atoms with Gasteiger partial charge >= 0.3 is 6.18 Å². The number of rotatable bonds is 2. The number of halogens is 3. The number of nitrogens with zero attached hydrogens (tertiary/aromatic N) is 3. The maximum absolute atomic E-state index is 13.3. The molecule has 1 aromatic rings. The standard InChI is InChI=1S/C17H23F3N4O/c1-9-5-12(9)16(25)23-4-3-11(8-23)13-7-15-21-10(2)6-14(17(18,19)20)24(15)22-13/h7,9-12,14,21H,3-6,8H2,1-2H3/t9-,10-,11+,12-,14-/m1/s1. The Morgan fingerprint density at radius 2 is 2.04 bits per heavy atom. The third-order valence-electron chi connectivity index (χ3n) is 5.74. The molecule has 0 bridgehead atoms. The average molecular weight is 356 g/mol. The van der Waals surface area contributed by atoms with Crippen molar-refractivity contribution in [2.45, 2.75) is 57.3 Å². The summed E-state index contributed by atoms with van der Waals surface area (Å²) in [6.07, 6.45) is -2.62. The predicted octanol–water partition coefficient (Wildman–Crippen LogP) is 3.16. The molecule has 3 aliphatic rings. The molecule has 2 aliphatic heterocycles. The summed E-state index contributed by atoms with van der Waals surface area (Å²) in [5.41, 5.74) is 0.657. The summed E-state index contributed by atoms with van der Waals surface area (Å²) in [6.45, 7) is 5.05. The van der Waals surface area contributed by atoms with Gasteiger partial charge in [-0.25, -0.2) is 4.68 Å². The number of hydrogen-bond acceptors (Lipinski definition) is 3. The molecule has 1 saturated carbocycles. The highest BCUT2D eigenvalue weighted by Gasteiger charge is 2.46. The van der Waals surface area contributed by atoms with E-state index in [-0.39, 0.29) is 30.2 Å². The van der Waals surface area contributed by atoms with E-state index < -0.39 is 12.2 Å². The van der Waals surface area contributed by atoms with Gasteiger partial charge < -0.3 is 10.2 Å². The van der Waals surface area contributed by atoms with Crippen molar-refractivity contribution < 1.29 is 18.0 Å². The maximum Gasteiger partial charge on any atom is 0.410 e. The Morgan fingerprint density at radius 3 is 2.68 bits per heavy atom. The van der Waals surface area contributed by atoms with Gasteiger partial charge in [0.25, 0.3) is 0 Å². The molecule has 1 N–H and O–H groups in total. The van der Waals surface area contributed by atoms with Crippen LogP contribution in [0.3, 0.4) is 0 Å². The molecule has 1 saturated heterocycles. The fourth-order valence-electron chi connectivity index (χ4n) is 4.08. The highest BCUT2D eigenvalue weighted by molar-refractivity contribution is 5.82. The third kappa shape index (κ3) is 3.00. The monoisotopic (exact) mass is 356 g/mol. The van der Waals surface area contributed by atoms with Crippen LogP contribution in [0.25, 0.3) is 0 Å². The van der Waals surface area contributed by atoms with E-state index in [1.807, 2.05) is 4.90 Å². The van der Waals surface area contributed by atoms with Gasteiger partial charge in [-0.2, -0.15) is 18.3 Å². The number of likely N-dealkylation sites (tertiary alicyclic amines) is 1. The second-order valence-corrected chi connectivity index (χ2v) is 7.83. The Balaban J connectivity index is 1.52. The molecule has 138 valence electrons. The number of carbonyl (C=O) groups is 1. The van der Waals surface area contributed by atoms with Crippen molar-refractivity contribution in [3.63, 3.8) is 0 Å². The summed E-state index contributed by atoms with van der Waals surface area (Å²) in [4.78, 5) is 14.2. The number of carbonyl (C=O) groups excluding carboxylic acids is 1. The Bertz CT molecular complexity index is 686. The van der Waals surface area contributed by atoms with Gasteiger partial charge in [0.15, 0.2) is 6.04 Å². The second-order valence-electron chi connectivity index (χ2n) is 7.83. The first kappa shape index (κ1) is 16.7. The van der Waals surface area contributed by atoms with E-state index >= 15 is 0 Å². The van der Waals surface area contributed by atoms with Gasteiger partial charge in [-0.15, -0.1) is 0 Å². The smallest absolute Gasteiger partial charge is 0.368 e. The number of hydrogen-bond donors (Lipinski definition) is 1. The molecule has 0 spiro atoms. The van der Waals surface area contributed by atoms with E-state index in [9.17, 15) is 18.0 Å². The van der Waals surface area contributed by atoms with Crippen LogP contribution < -0.4 is 5.32 Å². The summed E-state index contributed by atoms with van der Waals surface area (Å²) in [5, 5.41) is 7.37. The van der Waals surface area contributed by atoms with Gasteiger partial charge in [0.1, 0.15) is 5.82 Å². The number of aromatic nitrogens is 2. The molecule has 1 amide bonds. The van der Waals surface area contributed by atoms with E-state index in [1.165, 1.54) is 0 Å². The van der Waals surface area contributed by atoms with Crippen LogP contribution in [0.2, 0.25) is 0 Å². The lowest BCUT2D eigenvalue weighted by atomic mass is 10.0.